The molecule has 11 heavy (non-hydrogen) atoms. The third kappa shape index (κ3) is 2.20. The van der Waals surface area contributed by atoms with Crippen molar-refractivity contribution in [2.45, 2.75) is 25.9 Å². The molecule has 2 unspecified atom stereocenters. The minimum Gasteiger partial charge on any atom is -0.290 e. The molecule has 0 heterocycles. The molecule has 1 aliphatic rings. The van der Waals surface area contributed by atoms with Crippen molar-refractivity contribution in [2.75, 3.05) is 0 Å². The molecule has 1 saturated carbocycles. The lowest BCUT2D eigenvalue weighted by Crippen LogP contribution is -2.22. The van der Waals surface area contributed by atoms with E-state index in [1.54, 1.807) is 0 Å². The molecule has 1 nitrogen and oxygen atoms in total. The van der Waals surface area contributed by atoms with Crippen molar-refractivity contribution >= 4 is 5.78 Å². The Morgan fingerprint density at radius 2 is 2.00 bits per heavy atom. The Morgan fingerprint density at radius 1 is 1.55 bits per heavy atom. The smallest absolute Gasteiger partial charge is 0.290 e. The predicted octanol–water partition coefficient (Wildman–Crippen LogP) is 2.16. The molecule has 0 N–H and O–H groups in total. The van der Waals surface area contributed by atoms with Crippen molar-refractivity contribution in [3.8, 4) is 0 Å². The molecule has 0 aromatic carbocycles. The molecule has 1 fully saturated rings. The molecule has 4 heteroatoms. The number of halogens is 3. The van der Waals surface area contributed by atoms with E-state index in [9.17, 15) is 18.0 Å². The number of Topliss-reactive ketones (excluding diaryl/α,β-unsaturated/α-hetero) is 1. The first kappa shape index (κ1) is 8.56. The van der Waals surface area contributed by atoms with Crippen LogP contribution in [0.2, 0.25) is 0 Å². The van der Waals surface area contributed by atoms with Crippen LogP contribution in [-0.2, 0) is 4.79 Å². The molecule has 1 aliphatic carbocycles. The number of hydrogen-bond donors (Lipinski definition) is 0. The zero-order valence-corrected chi connectivity index (χ0v) is 6.11. The SMILES string of the molecule is CC1CC1CC(=O)C(F)(F)F. The first-order valence-electron chi connectivity index (χ1n) is 3.51. The fraction of sp³-hybridized carbons (Fsp3) is 0.857. The molecule has 0 aliphatic heterocycles. The van der Waals surface area contributed by atoms with Crippen LogP contribution in [0.3, 0.4) is 0 Å². The lowest BCUT2D eigenvalue weighted by Gasteiger charge is -2.02. The van der Waals surface area contributed by atoms with Crippen LogP contribution in [0.15, 0.2) is 0 Å². The van der Waals surface area contributed by atoms with Crippen molar-refractivity contribution in [1.82, 2.24) is 0 Å². The standard InChI is InChI=1S/C7H9F3O/c1-4-2-5(4)3-6(11)7(8,9)10/h4-5H,2-3H2,1H3. The summed E-state index contributed by atoms with van der Waals surface area (Å²) in [5.41, 5.74) is 0. The van der Waals surface area contributed by atoms with E-state index in [0.717, 1.165) is 6.42 Å². The van der Waals surface area contributed by atoms with Crippen LogP contribution in [0.5, 0.6) is 0 Å². The Hall–Kier alpha value is -0.540. The van der Waals surface area contributed by atoms with Gasteiger partial charge in [0.2, 0.25) is 5.78 Å². The van der Waals surface area contributed by atoms with Gasteiger partial charge in [0.25, 0.3) is 0 Å². The highest BCUT2D eigenvalue weighted by atomic mass is 19.4. The van der Waals surface area contributed by atoms with Crippen LogP contribution in [0, 0.1) is 11.8 Å². The molecule has 2 atom stereocenters. The first-order valence-corrected chi connectivity index (χ1v) is 3.51. The quantitative estimate of drug-likeness (QED) is 0.614. The molecule has 0 spiro atoms. The lowest BCUT2D eigenvalue weighted by molar-refractivity contribution is -0.171. The predicted molar refractivity (Wildman–Crippen MR) is 32.9 cm³/mol. The van der Waals surface area contributed by atoms with Crippen molar-refractivity contribution in [3.63, 3.8) is 0 Å². The third-order valence-electron chi connectivity index (χ3n) is 2.04. The van der Waals surface area contributed by atoms with Crippen LogP contribution in [-0.4, -0.2) is 12.0 Å². The molecule has 0 amide bonds. The fourth-order valence-corrected chi connectivity index (χ4v) is 1.04. The zero-order valence-electron chi connectivity index (χ0n) is 6.11. The van der Waals surface area contributed by atoms with Crippen LogP contribution in [0.4, 0.5) is 13.2 Å². The normalized spacial score (nSPS) is 30.2. The molecule has 0 saturated heterocycles. The summed E-state index contributed by atoms with van der Waals surface area (Å²) in [7, 11) is 0. The molecule has 0 bridgehead atoms. The van der Waals surface area contributed by atoms with Gasteiger partial charge in [0.05, 0.1) is 0 Å². The van der Waals surface area contributed by atoms with Gasteiger partial charge in [-0.1, -0.05) is 6.92 Å². The minimum atomic E-state index is -4.62. The van der Waals surface area contributed by atoms with E-state index in [-0.39, 0.29) is 12.3 Å². The number of rotatable bonds is 2. The van der Waals surface area contributed by atoms with Crippen LogP contribution < -0.4 is 0 Å². The maximum atomic E-state index is 11.6. The molecule has 0 aromatic heterocycles. The largest absolute Gasteiger partial charge is 0.449 e. The van der Waals surface area contributed by atoms with E-state index < -0.39 is 12.0 Å². The van der Waals surface area contributed by atoms with Gasteiger partial charge >= 0.3 is 6.18 Å². The van der Waals surface area contributed by atoms with E-state index in [1.165, 1.54) is 0 Å². The van der Waals surface area contributed by atoms with Crippen molar-refractivity contribution in [2.24, 2.45) is 11.8 Å². The van der Waals surface area contributed by atoms with Gasteiger partial charge in [-0.25, -0.2) is 0 Å². The monoisotopic (exact) mass is 166 g/mol. The second-order valence-corrected chi connectivity index (χ2v) is 3.10. The van der Waals surface area contributed by atoms with Gasteiger partial charge in [-0.2, -0.15) is 13.2 Å². The van der Waals surface area contributed by atoms with Gasteiger partial charge in [0, 0.05) is 6.42 Å². The molecule has 1 rings (SSSR count). The number of hydrogen-bond acceptors (Lipinski definition) is 1. The molecular formula is C7H9F3O. The Balaban J connectivity index is 2.33. The molecule has 0 radical (unpaired) electrons. The number of alkyl halides is 3. The second-order valence-electron chi connectivity index (χ2n) is 3.10. The summed E-state index contributed by atoms with van der Waals surface area (Å²) in [5, 5.41) is 0. The molecule has 0 aromatic rings. The van der Waals surface area contributed by atoms with E-state index in [2.05, 4.69) is 0 Å². The molecular weight excluding hydrogens is 157 g/mol. The Bertz CT molecular complexity index is 173. The first-order chi connectivity index (χ1) is 4.91. The highest BCUT2D eigenvalue weighted by Gasteiger charge is 2.43. The second kappa shape index (κ2) is 2.50. The van der Waals surface area contributed by atoms with Gasteiger partial charge in [-0.05, 0) is 18.3 Å². The fourth-order valence-electron chi connectivity index (χ4n) is 1.04. The lowest BCUT2D eigenvalue weighted by atomic mass is 10.2. The van der Waals surface area contributed by atoms with E-state index in [0.29, 0.717) is 5.92 Å². The highest BCUT2D eigenvalue weighted by Crippen LogP contribution is 2.41. The third-order valence-corrected chi connectivity index (χ3v) is 2.04. The average molecular weight is 166 g/mol. The van der Waals surface area contributed by atoms with E-state index in [4.69, 9.17) is 0 Å². The highest BCUT2D eigenvalue weighted by molar-refractivity contribution is 5.84. The summed E-state index contributed by atoms with van der Waals surface area (Å²) in [4.78, 5) is 10.3. The summed E-state index contributed by atoms with van der Waals surface area (Å²) in [6.07, 6.45) is -4.17. The summed E-state index contributed by atoms with van der Waals surface area (Å²) in [5.74, 6) is -1.28. The van der Waals surface area contributed by atoms with E-state index >= 15 is 0 Å². The summed E-state index contributed by atoms with van der Waals surface area (Å²) < 4.78 is 34.8. The van der Waals surface area contributed by atoms with Gasteiger partial charge in [0.15, 0.2) is 0 Å². The Kier molecular flexibility index (Phi) is 1.94. The topological polar surface area (TPSA) is 17.1 Å². The summed E-state index contributed by atoms with van der Waals surface area (Å²) in [6, 6.07) is 0. The van der Waals surface area contributed by atoms with Crippen LogP contribution >= 0.6 is 0 Å². The van der Waals surface area contributed by atoms with Crippen molar-refractivity contribution < 1.29 is 18.0 Å². The number of carbonyl (C=O) groups excluding carboxylic acids is 1. The maximum Gasteiger partial charge on any atom is 0.449 e. The summed E-state index contributed by atoms with van der Waals surface area (Å²) in [6.45, 7) is 1.86. The van der Waals surface area contributed by atoms with Gasteiger partial charge in [0.1, 0.15) is 0 Å². The van der Waals surface area contributed by atoms with Crippen LogP contribution in [0.25, 0.3) is 0 Å². The van der Waals surface area contributed by atoms with Gasteiger partial charge in [-0.15, -0.1) is 0 Å². The zero-order chi connectivity index (χ0) is 8.65. The summed E-state index contributed by atoms with van der Waals surface area (Å²) >= 11 is 0. The van der Waals surface area contributed by atoms with Crippen molar-refractivity contribution in [1.29, 1.82) is 0 Å². The number of ketones is 1. The van der Waals surface area contributed by atoms with Gasteiger partial charge in [-0.3, -0.25) is 4.79 Å². The average Bonchev–Trinajstić information content (AvgIpc) is 2.44. The van der Waals surface area contributed by atoms with E-state index in [1.807, 2.05) is 6.92 Å². The Morgan fingerprint density at radius 3 is 2.27 bits per heavy atom. The Labute approximate surface area is 62.6 Å². The minimum absolute atomic E-state index is 0.0101. The van der Waals surface area contributed by atoms with Crippen molar-refractivity contribution in [3.05, 3.63) is 0 Å². The van der Waals surface area contributed by atoms with Gasteiger partial charge < -0.3 is 0 Å². The molecule has 64 valence electrons. The number of carbonyl (C=O) groups is 1. The maximum absolute atomic E-state index is 11.6. The van der Waals surface area contributed by atoms with Crippen LogP contribution in [0.1, 0.15) is 19.8 Å².